The SMILES string of the molecule is CCNCC(=O)NCC(=O)OCC. The number of carbonyl (C=O) groups excluding carboxylic acids is 2. The molecule has 0 aromatic carbocycles. The molecular weight excluding hydrogens is 172 g/mol. The van der Waals surface area contributed by atoms with Gasteiger partial charge < -0.3 is 15.4 Å². The molecule has 0 spiro atoms. The molecule has 0 saturated heterocycles. The van der Waals surface area contributed by atoms with Crippen molar-refractivity contribution in [2.75, 3.05) is 26.2 Å². The second kappa shape index (κ2) is 7.54. The summed E-state index contributed by atoms with van der Waals surface area (Å²) < 4.78 is 4.62. The number of hydrogen-bond donors (Lipinski definition) is 2. The van der Waals surface area contributed by atoms with Gasteiger partial charge in [0.15, 0.2) is 0 Å². The van der Waals surface area contributed by atoms with Crippen LogP contribution in [-0.2, 0) is 14.3 Å². The smallest absolute Gasteiger partial charge is 0.325 e. The summed E-state index contributed by atoms with van der Waals surface area (Å²) >= 11 is 0. The Morgan fingerprint density at radius 3 is 2.46 bits per heavy atom. The first-order chi connectivity index (χ1) is 6.20. The third-order valence-electron chi connectivity index (χ3n) is 1.27. The number of nitrogens with one attached hydrogen (secondary N) is 2. The van der Waals surface area contributed by atoms with Gasteiger partial charge in [0.2, 0.25) is 5.91 Å². The van der Waals surface area contributed by atoms with E-state index >= 15 is 0 Å². The molecule has 0 saturated carbocycles. The Balaban J connectivity index is 3.40. The Hall–Kier alpha value is -1.10. The van der Waals surface area contributed by atoms with E-state index in [2.05, 4.69) is 15.4 Å². The highest BCUT2D eigenvalue weighted by Crippen LogP contribution is 1.75. The molecule has 0 aliphatic rings. The third kappa shape index (κ3) is 7.27. The van der Waals surface area contributed by atoms with Gasteiger partial charge in [-0.2, -0.15) is 0 Å². The standard InChI is InChI=1S/C8H16N2O3/c1-3-9-5-7(11)10-6-8(12)13-4-2/h9H,3-6H2,1-2H3,(H,10,11). The largest absolute Gasteiger partial charge is 0.465 e. The lowest BCUT2D eigenvalue weighted by atomic mass is 10.5. The molecule has 0 unspecified atom stereocenters. The number of ether oxygens (including phenoxy) is 1. The highest BCUT2D eigenvalue weighted by atomic mass is 16.5. The number of rotatable bonds is 6. The van der Waals surface area contributed by atoms with Gasteiger partial charge >= 0.3 is 5.97 Å². The maximum Gasteiger partial charge on any atom is 0.325 e. The van der Waals surface area contributed by atoms with E-state index in [1.165, 1.54) is 0 Å². The van der Waals surface area contributed by atoms with Gasteiger partial charge in [0, 0.05) is 0 Å². The second-order valence-corrected chi connectivity index (χ2v) is 2.36. The minimum Gasteiger partial charge on any atom is -0.465 e. The maximum absolute atomic E-state index is 10.9. The van der Waals surface area contributed by atoms with E-state index in [0.717, 1.165) is 6.54 Å². The first kappa shape index (κ1) is 11.9. The highest BCUT2D eigenvalue weighted by molar-refractivity contribution is 5.83. The van der Waals surface area contributed by atoms with Crippen molar-refractivity contribution in [2.45, 2.75) is 13.8 Å². The predicted octanol–water partition coefficient (Wildman–Crippen LogP) is -0.725. The van der Waals surface area contributed by atoms with E-state index in [1.807, 2.05) is 6.92 Å². The quantitative estimate of drug-likeness (QED) is 0.540. The van der Waals surface area contributed by atoms with Crippen molar-refractivity contribution in [3.63, 3.8) is 0 Å². The van der Waals surface area contributed by atoms with E-state index in [9.17, 15) is 9.59 Å². The molecule has 0 aromatic rings. The molecule has 0 aliphatic carbocycles. The van der Waals surface area contributed by atoms with Gasteiger partial charge in [-0.1, -0.05) is 6.92 Å². The summed E-state index contributed by atoms with van der Waals surface area (Å²) in [7, 11) is 0. The Morgan fingerprint density at radius 2 is 1.92 bits per heavy atom. The molecule has 0 heterocycles. The summed E-state index contributed by atoms with van der Waals surface area (Å²) in [5, 5.41) is 5.27. The van der Waals surface area contributed by atoms with Gasteiger partial charge in [-0.15, -0.1) is 0 Å². The van der Waals surface area contributed by atoms with Crippen LogP contribution in [0.25, 0.3) is 0 Å². The van der Waals surface area contributed by atoms with Crippen LogP contribution in [0.1, 0.15) is 13.8 Å². The molecule has 1 amide bonds. The topological polar surface area (TPSA) is 67.4 Å². The number of carbonyl (C=O) groups is 2. The van der Waals surface area contributed by atoms with Crippen molar-refractivity contribution in [3.05, 3.63) is 0 Å². The Morgan fingerprint density at radius 1 is 1.23 bits per heavy atom. The number of esters is 1. The van der Waals surface area contributed by atoms with Crippen LogP contribution in [0.4, 0.5) is 0 Å². The van der Waals surface area contributed by atoms with E-state index in [4.69, 9.17) is 0 Å². The zero-order chi connectivity index (χ0) is 10.1. The van der Waals surface area contributed by atoms with Crippen LogP contribution in [0.3, 0.4) is 0 Å². The van der Waals surface area contributed by atoms with Crippen molar-refractivity contribution >= 4 is 11.9 Å². The van der Waals surface area contributed by atoms with Gasteiger partial charge in [0.1, 0.15) is 6.54 Å². The first-order valence-electron chi connectivity index (χ1n) is 4.33. The van der Waals surface area contributed by atoms with Crippen LogP contribution in [0.5, 0.6) is 0 Å². The third-order valence-corrected chi connectivity index (χ3v) is 1.27. The average molecular weight is 188 g/mol. The molecule has 2 N–H and O–H groups in total. The molecule has 0 aromatic heterocycles. The fraction of sp³-hybridized carbons (Fsp3) is 0.750. The van der Waals surface area contributed by atoms with Crippen molar-refractivity contribution in [3.8, 4) is 0 Å². The van der Waals surface area contributed by atoms with Gasteiger partial charge in [-0.3, -0.25) is 9.59 Å². The van der Waals surface area contributed by atoms with Crippen LogP contribution < -0.4 is 10.6 Å². The molecule has 0 bridgehead atoms. The molecule has 5 heteroatoms. The van der Waals surface area contributed by atoms with Crippen LogP contribution in [-0.4, -0.2) is 38.1 Å². The van der Waals surface area contributed by atoms with E-state index in [0.29, 0.717) is 6.61 Å². The molecule has 5 nitrogen and oxygen atoms in total. The zero-order valence-corrected chi connectivity index (χ0v) is 8.05. The van der Waals surface area contributed by atoms with Crippen molar-refractivity contribution in [2.24, 2.45) is 0 Å². The van der Waals surface area contributed by atoms with Crippen molar-refractivity contribution < 1.29 is 14.3 Å². The molecular formula is C8H16N2O3. The molecule has 13 heavy (non-hydrogen) atoms. The number of hydrogen-bond acceptors (Lipinski definition) is 4. The average Bonchev–Trinajstić information content (AvgIpc) is 2.12. The summed E-state index contributed by atoms with van der Waals surface area (Å²) in [6.45, 7) is 4.86. The zero-order valence-electron chi connectivity index (χ0n) is 8.05. The fourth-order valence-electron chi connectivity index (χ4n) is 0.684. The summed E-state index contributed by atoms with van der Waals surface area (Å²) in [6.07, 6.45) is 0. The van der Waals surface area contributed by atoms with E-state index in [1.54, 1.807) is 6.92 Å². The van der Waals surface area contributed by atoms with Gasteiger partial charge in [-0.05, 0) is 13.5 Å². The lowest BCUT2D eigenvalue weighted by Gasteiger charge is -2.04. The minimum atomic E-state index is -0.410. The second-order valence-electron chi connectivity index (χ2n) is 2.36. The summed E-state index contributed by atoms with van der Waals surface area (Å²) in [6, 6.07) is 0. The Kier molecular flexibility index (Phi) is 6.91. The van der Waals surface area contributed by atoms with Crippen LogP contribution >= 0.6 is 0 Å². The molecule has 0 fully saturated rings. The van der Waals surface area contributed by atoms with E-state index in [-0.39, 0.29) is 19.0 Å². The lowest BCUT2D eigenvalue weighted by molar-refractivity contribution is -0.143. The first-order valence-corrected chi connectivity index (χ1v) is 4.33. The maximum atomic E-state index is 10.9. The molecule has 0 atom stereocenters. The summed E-state index contributed by atoms with van der Waals surface area (Å²) in [5.41, 5.74) is 0. The normalized spacial score (nSPS) is 9.38. The minimum absolute atomic E-state index is 0.0575. The van der Waals surface area contributed by atoms with Crippen molar-refractivity contribution in [1.82, 2.24) is 10.6 Å². The molecule has 0 aliphatic heterocycles. The monoisotopic (exact) mass is 188 g/mol. The van der Waals surface area contributed by atoms with Gasteiger partial charge in [0.05, 0.1) is 13.2 Å². The van der Waals surface area contributed by atoms with E-state index < -0.39 is 5.97 Å². The van der Waals surface area contributed by atoms with Crippen LogP contribution in [0.2, 0.25) is 0 Å². The van der Waals surface area contributed by atoms with Gasteiger partial charge in [-0.25, -0.2) is 0 Å². The Bertz CT molecular complexity index is 171. The van der Waals surface area contributed by atoms with Crippen molar-refractivity contribution in [1.29, 1.82) is 0 Å². The Labute approximate surface area is 77.8 Å². The fourth-order valence-corrected chi connectivity index (χ4v) is 0.684. The number of amides is 1. The number of likely N-dealkylation sites (N-methyl/N-ethyl adjacent to an activating group) is 1. The molecule has 0 rings (SSSR count). The van der Waals surface area contributed by atoms with Gasteiger partial charge in [0.25, 0.3) is 0 Å². The molecule has 0 radical (unpaired) electrons. The highest BCUT2D eigenvalue weighted by Gasteiger charge is 2.04. The predicted molar refractivity (Wildman–Crippen MR) is 48.2 cm³/mol. The summed E-state index contributed by atoms with van der Waals surface area (Å²) in [4.78, 5) is 21.7. The lowest BCUT2D eigenvalue weighted by Crippen LogP contribution is -2.37. The summed E-state index contributed by atoms with van der Waals surface area (Å²) in [5.74, 6) is -0.609. The molecule has 76 valence electrons. The van der Waals surface area contributed by atoms with Crippen LogP contribution in [0, 0.1) is 0 Å². The van der Waals surface area contributed by atoms with Crippen LogP contribution in [0.15, 0.2) is 0 Å².